The van der Waals surface area contributed by atoms with Crippen molar-refractivity contribution in [3.8, 4) is 0 Å². The molecule has 1 aliphatic rings. The van der Waals surface area contributed by atoms with E-state index < -0.39 is 0 Å². The maximum Gasteiger partial charge on any atom is 0.0325 e. The smallest absolute Gasteiger partial charge is 0.0325 e. The highest BCUT2D eigenvalue weighted by Gasteiger charge is 2.22. The van der Waals surface area contributed by atoms with E-state index in [4.69, 9.17) is 5.73 Å². The second-order valence-corrected chi connectivity index (χ2v) is 6.35. The van der Waals surface area contributed by atoms with E-state index in [1.165, 1.54) is 25.1 Å². The lowest BCUT2D eigenvalue weighted by Gasteiger charge is -2.35. The Kier molecular flexibility index (Phi) is 4.10. The van der Waals surface area contributed by atoms with Crippen LogP contribution in [0, 0.1) is 11.8 Å². The first kappa shape index (κ1) is 12.9. The number of nitrogens with two attached hydrogens (primary N) is 1. The fraction of sp³-hybridized carbons (Fsp3) is 0.571. The van der Waals surface area contributed by atoms with Gasteiger partial charge in [0.15, 0.2) is 0 Å². The normalized spacial score (nSPS) is 26.1. The maximum absolute atomic E-state index is 5.76. The molecule has 1 heterocycles. The molecule has 0 amide bonds. The van der Waals surface area contributed by atoms with Gasteiger partial charge in [0.05, 0.1) is 0 Å². The fourth-order valence-corrected chi connectivity index (χ4v) is 3.38. The highest BCUT2D eigenvalue weighted by molar-refractivity contribution is 9.10. The molecule has 0 unspecified atom stereocenters. The summed E-state index contributed by atoms with van der Waals surface area (Å²) >= 11 is 3.60. The Morgan fingerprint density at radius 2 is 1.94 bits per heavy atom. The zero-order valence-corrected chi connectivity index (χ0v) is 12.2. The molecule has 0 spiro atoms. The number of hydrogen-bond acceptors (Lipinski definition) is 2. The molecule has 0 saturated carbocycles. The Balaban J connectivity index is 2.04. The van der Waals surface area contributed by atoms with E-state index in [9.17, 15) is 0 Å². The van der Waals surface area contributed by atoms with E-state index in [2.05, 4.69) is 40.7 Å². The van der Waals surface area contributed by atoms with Gasteiger partial charge in [-0.1, -0.05) is 35.8 Å². The summed E-state index contributed by atoms with van der Waals surface area (Å²) < 4.78 is 1.13. The molecule has 1 aromatic carbocycles. The number of nitrogen functional groups attached to an aromatic ring is 1. The van der Waals surface area contributed by atoms with Crippen molar-refractivity contribution in [2.45, 2.75) is 26.8 Å². The molecule has 94 valence electrons. The number of likely N-dealkylation sites (tertiary alicyclic amines) is 1. The van der Waals surface area contributed by atoms with Gasteiger partial charge in [-0.05, 0) is 36.0 Å². The van der Waals surface area contributed by atoms with Gasteiger partial charge in [0, 0.05) is 29.8 Å². The average molecular weight is 297 g/mol. The highest BCUT2D eigenvalue weighted by Crippen LogP contribution is 2.26. The van der Waals surface area contributed by atoms with E-state index >= 15 is 0 Å². The molecule has 0 bridgehead atoms. The fourth-order valence-electron chi connectivity index (χ4n) is 2.85. The summed E-state index contributed by atoms with van der Waals surface area (Å²) in [5.74, 6) is 1.62. The molecule has 0 aliphatic carbocycles. The molecule has 0 aromatic heterocycles. The van der Waals surface area contributed by atoms with E-state index in [-0.39, 0.29) is 0 Å². The first-order valence-corrected chi connectivity index (χ1v) is 7.10. The summed E-state index contributed by atoms with van der Waals surface area (Å²) in [6.07, 6.45) is 1.36. The van der Waals surface area contributed by atoms with Crippen molar-refractivity contribution >= 4 is 21.6 Å². The van der Waals surface area contributed by atoms with E-state index in [1.54, 1.807) is 0 Å². The summed E-state index contributed by atoms with van der Waals surface area (Å²) in [5, 5.41) is 0. The van der Waals surface area contributed by atoms with Gasteiger partial charge in [0.2, 0.25) is 0 Å². The van der Waals surface area contributed by atoms with Crippen LogP contribution in [0.15, 0.2) is 22.7 Å². The SMILES string of the molecule is C[C@@H]1C[C@@H](C)CN(Cc2ccc(N)cc2Br)C1. The lowest BCUT2D eigenvalue weighted by atomic mass is 9.91. The van der Waals surface area contributed by atoms with E-state index in [1.807, 2.05) is 12.1 Å². The Hall–Kier alpha value is -0.540. The summed E-state index contributed by atoms with van der Waals surface area (Å²) in [7, 11) is 0. The summed E-state index contributed by atoms with van der Waals surface area (Å²) in [5.41, 5.74) is 7.92. The molecule has 3 heteroatoms. The minimum absolute atomic E-state index is 0.811. The van der Waals surface area contributed by atoms with Gasteiger partial charge in [-0.25, -0.2) is 0 Å². The predicted octanol–water partition coefficient (Wildman–Crippen LogP) is 3.51. The van der Waals surface area contributed by atoms with Crippen LogP contribution in [0.2, 0.25) is 0 Å². The second kappa shape index (κ2) is 5.40. The Morgan fingerprint density at radius 3 is 2.53 bits per heavy atom. The molecule has 2 atom stereocenters. The molecule has 2 N–H and O–H groups in total. The molecule has 1 fully saturated rings. The number of rotatable bonds is 2. The molecule has 1 aliphatic heterocycles. The lowest BCUT2D eigenvalue weighted by molar-refractivity contribution is 0.134. The number of hydrogen-bond donors (Lipinski definition) is 1. The van der Waals surface area contributed by atoms with Crippen molar-refractivity contribution in [2.24, 2.45) is 11.8 Å². The summed E-state index contributed by atoms with van der Waals surface area (Å²) in [6.45, 7) is 8.14. The number of nitrogens with zero attached hydrogens (tertiary/aromatic N) is 1. The first-order valence-electron chi connectivity index (χ1n) is 6.31. The van der Waals surface area contributed by atoms with Crippen molar-refractivity contribution in [1.29, 1.82) is 0 Å². The van der Waals surface area contributed by atoms with Crippen LogP contribution in [0.1, 0.15) is 25.8 Å². The average Bonchev–Trinajstić information content (AvgIpc) is 2.21. The first-order chi connectivity index (χ1) is 8.04. The van der Waals surface area contributed by atoms with Crippen LogP contribution < -0.4 is 5.73 Å². The summed E-state index contributed by atoms with van der Waals surface area (Å²) in [6, 6.07) is 6.10. The number of halogens is 1. The topological polar surface area (TPSA) is 29.3 Å². The van der Waals surface area contributed by atoms with Crippen molar-refractivity contribution in [1.82, 2.24) is 4.90 Å². The molecule has 1 saturated heterocycles. The standard InChI is InChI=1S/C14H21BrN2/c1-10-5-11(2)8-17(7-10)9-12-3-4-13(16)6-14(12)15/h3-4,6,10-11H,5,7-9,16H2,1-2H3/t10-,11-/m1/s1. The third kappa shape index (κ3) is 3.46. The van der Waals surface area contributed by atoms with Crippen LogP contribution in [0.25, 0.3) is 0 Å². The van der Waals surface area contributed by atoms with Gasteiger partial charge >= 0.3 is 0 Å². The highest BCUT2D eigenvalue weighted by atomic mass is 79.9. The van der Waals surface area contributed by atoms with Gasteiger partial charge in [0.25, 0.3) is 0 Å². The van der Waals surface area contributed by atoms with Crippen LogP contribution in [0.3, 0.4) is 0 Å². The van der Waals surface area contributed by atoms with Crippen molar-refractivity contribution < 1.29 is 0 Å². The van der Waals surface area contributed by atoms with Gasteiger partial charge in [-0.3, -0.25) is 4.90 Å². The number of anilines is 1. The van der Waals surface area contributed by atoms with Crippen molar-refractivity contribution in [2.75, 3.05) is 18.8 Å². The lowest BCUT2D eigenvalue weighted by Crippen LogP contribution is -2.38. The minimum Gasteiger partial charge on any atom is -0.399 e. The van der Waals surface area contributed by atoms with Crippen molar-refractivity contribution in [3.63, 3.8) is 0 Å². The molecular weight excluding hydrogens is 276 g/mol. The van der Waals surface area contributed by atoms with Crippen LogP contribution in [0.5, 0.6) is 0 Å². The number of piperidine rings is 1. The molecule has 0 radical (unpaired) electrons. The van der Waals surface area contributed by atoms with Crippen LogP contribution >= 0.6 is 15.9 Å². The van der Waals surface area contributed by atoms with Crippen molar-refractivity contribution in [3.05, 3.63) is 28.2 Å². The van der Waals surface area contributed by atoms with Crippen LogP contribution in [-0.2, 0) is 6.54 Å². The van der Waals surface area contributed by atoms with Crippen LogP contribution in [0.4, 0.5) is 5.69 Å². The zero-order chi connectivity index (χ0) is 12.4. The quantitative estimate of drug-likeness (QED) is 0.846. The zero-order valence-electron chi connectivity index (χ0n) is 10.6. The number of benzene rings is 1. The Bertz CT molecular complexity index is 382. The minimum atomic E-state index is 0.811. The largest absolute Gasteiger partial charge is 0.399 e. The maximum atomic E-state index is 5.76. The van der Waals surface area contributed by atoms with Gasteiger partial charge < -0.3 is 5.73 Å². The third-order valence-electron chi connectivity index (χ3n) is 3.42. The van der Waals surface area contributed by atoms with Crippen LogP contribution in [-0.4, -0.2) is 18.0 Å². The second-order valence-electron chi connectivity index (χ2n) is 5.49. The molecule has 17 heavy (non-hydrogen) atoms. The predicted molar refractivity (Wildman–Crippen MR) is 76.8 cm³/mol. The van der Waals surface area contributed by atoms with Gasteiger partial charge in [0.1, 0.15) is 0 Å². The molecule has 2 rings (SSSR count). The monoisotopic (exact) mass is 296 g/mol. The molecule has 1 aromatic rings. The van der Waals surface area contributed by atoms with E-state index in [0.29, 0.717) is 0 Å². The molecular formula is C14H21BrN2. The van der Waals surface area contributed by atoms with Gasteiger partial charge in [-0.2, -0.15) is 0 Å². The third-order valence-corrected chi connectivity index (χ3v) is 4.15. The Labute approximate surface area is 112 Å². The summed E-state index contributed by atoms with van der Waals surface area (Å²) in [4.78, 5) is 2.55. The van der Waals surface area contributed by atoms with Gasteiger partial charge in [-0.15, -0.1) is 0 Å². The Morgan fingerprint density at radius 1 is 1.29 bits per heavy atom. The van der Waals surface area contributed by atoms with E-state index in [0.717, 1.165) is 28.5 Å². The molecule has 2 nitrogen and oxygen atoms in total.